The Kier molecular flexibility index (Phi) is 3.90. The number of carbonyl (C=O) groups is 2. The monoisotopic (exact) mass is 268 g/mol. The zero-order valence-corrected chi connectivity index (χ0v) is 11.2. The van der Waals surface area contributed by atoms with Crippen molar-refractivity contribution >= 4 is 29.4 Å². The highest BCUT2D eigenvalue weighted by molar-refractivity contribution is 7.98. The van der Waals surface area contributed by atoms with Crippen molar-refractivity contribution in [2.24, 2.45) is 0 Å². The first kappa shape index (κ1) is 12.9. The molecule has 2 heterocycles. The molecule has 0 spiro atoms. The third-order valence-corrected chi connectivity index (χ3v) is 3.67. The first-order chi connectivity index (χ1) is 8.67. The van der Waals surface area contributed by atoms with Gasteiger partial charge in [-0.05, 0) is 24.3 Å². The van der Waals surface area contributed by atoms with E-state index in [1.54, 1.807) is 18.8 Å². The maximum Gasteiger partial charge on any atom is 0.269 e. The molecule has 1 aliphatic heterocycles. The van der Waals surface area contributed by atoms with Crippen LogP contribution >= 0.6 is 11.8 Å². The predicted octanol–water partition coefficient (Wildman–Crippen LogP) is 0.948. The van der Waals surface area contributed by atoms with E-state index in [0.29, 0.717) is 17.9 Å². The van der Waals surface area contributed by atoms with Gasteiger partial charge in [0.15, 0.2) is 5.82 Å². The van der Waals surface area contributed by atoms with Crippen LogP contribution in [0.3, 0.4) is 0 Å². The second kappa shape index (κ2) is 5.43. The van der Waals surface area contributed by atoms with Crippen LogP contribution in [-0.4, -0.2) is 41.1 Å². The molecule has 1 aromatic heterocycles. The summed E-state index contributed by atoms with van der Waals surface area (Å²) in [7, 11) is 1.58. The largest absolute Gasteiger partial charge is 0.354 e. The summed E-state index contributed by atoms with van der Waals surface area (Å²) in [6, 6.07) is 0. The molecule has 1 aliphatic rings. The molecule has 0 aliphatic carbocycles. The lowest BCUT2D eigenvalue weighted by atomic mass is 9.89. The number of rotatable bonds is 4. The molecule has 1 aromatic rings. The minimum absolute atomic E-state index is 0.0384. The lowest BCUT2D eigenvalue weighted by molar-refractivity contribution is -0.116. The van der Waals surface area contributed by atoms with E-state index in [1.807, 2.05) is 6.26 Å². The zero-order valence-electron chi connectivity index (χ0n) is 10.4. The summed E-state index contributed by atoms with van der Waals surface area (Å²) in [6.45, 7) is 0. The molecule has 0 saturated carbocycles. The lowest BCUT2D eigenvalue weighted by Gasteiger charge is -2.22. The Bertz CT molecular complexity index is 472. The van der Waals surface area contributed by atoms with Crippen LogP contribution in [0.25, 0.3) is 0 Å². The Morgan fingerprint density at radius 3 is 3.06 bits per heavy atom. The third kappa shape index (κ3) is 2.35. The number of hydrogen-bond donors (Lipinski definition) is 3. The fourth-order valence-corrected chi connectivity index (χ4v) is 2.68. The number of thioether (sulfide) groups is 1. The fourth-order valence-electron chi connectivity index (χ4n) is 2.16. The number of aromatic amines is 1. The number of anilines is 1. The number of aromatic nitrogens is 2. The van der Waals surface area contributed by atoms with Crippen LogP contribution in [0.4, 0.5) is 5.82 Å². The van der Waals surface area contributed by atoms with Gasteiger partial charge in [0, 0.05) is 19.0 Å². The average Bonchev–Trinajstić information content (AvgIpc) is 2.78. The molecular weight excluding hydrogens is 252 g/mol. The van der Waals surface area contributed by atoms with Gasteiger partial charge in [-0.15, -0.1) is 0 Å². The van der Waals surface area contributed by atoms with Crippen molar-refractivity contribution < 1.29 is 9.59 Å². The van der Waals surface area contributed by atoms with Gasteiger partial charge in [0.25, 0.3) is 5.91 Å². The van der Waals surface area contributed by atoms with Gasteiger partial charge in [0.1, 0.15) is 5.69 Å². The first-order valence-corrected chi connectivity index (χ1v) is 7.15. The minimum atomic E-state index is -0.200. The molecule has 2 amide bonds. The second-order valence-corrected chi connectivity index (χ2v) is 5.16. The van der Waals surface area contributed by atoms with Crippen LogP contribution in [0.2, 0.25) is 0 Å². The SMILES string of the molecule is CNC(=O)c1[nH]nc2c1[C@@H](CCSC)CC(=O)N2. The second-order valence-electron chi connectivity index (χ2n) is 4.17. The van der Waals surface area contributed by atoms with Crippen LogP contribution < -0.4 is 10.6 Å². The minimum Gasteiger partial charge on any atom is -0.354 e. The van der Waals surface area contributed by atoms with Crippen LogP contribution in [0.15, 0.2) is 0 Å². The summed E-state index contributed by atoms with van der Waals surface area (Å²) < 4.78 is 0. The molecule has 0 saturated heterocycles. The van der Waals surface area contributed by atoms with Crippen molar-refractivity contribution in [3.05, 3.63) is 11.3 Å². The summed E-state index contributed by atoms with van der Waals surface area (Å²) >= 11 is 1.73. The van der Waals surface area contributed by atoms with E-state index in [0.717, 1.165) is 17.7 Å². The van der Waals surface area contributed by atoms with Crippen molar-refractivity contribution in [2.75, 3.05) is 24.4 Å². The topological polar surface area (TPSA) is 86.9 Å². The van der Waals surface area contributed by atoms with Crippen molar-refractivity contribution in [3.63, 3.8) is 0 Å². The maximum atomic E-state index is 11.7. The Balaban J connectivity index is 2.34. The number of fused-ring (bicyclic) bond motifs is 1. The number of amides is 2. The molecule has 6 nitrogen and oxygen atoms in total. The number of nitrogens with zero attached hydrogens (tertiary/aromatic N) is 1. The molecule has 7 heteroatoms. The molecule has 3 N–H and O–H groups in total. The molecular formula is C11H16N4O2S. The molecule has 0 unspecified atom stereocenters. The Morgan fingerprint density at radius 2 is 2.39 bits per heavy atom. The summed E-state index contributed by atoms with van der Waals surface area (Å²) in [5, 5.41) is 12.0. The van der Waals surface area contributed by atoms with Crippen molar-refractivity contribution in [1.29, 1.82) is 0 Å². The Hall–Kier alpha value is -1.50. The normalized spacial score (nSPS) is 18.1. The smallest absolute Gasteiger partial charge is 0.269 e. The van der Waals surface area contributed by atoms with Crippen molar-refractivity contribution in [3.8, 4) is 0 Å². The zero-order chi connectivity index (χ0) is 13.1. The number of H-pyrrole nitrogens is 1. The van der Waals surface area contributed by atoms with Gasteiger partial charge >= 0.3 is 0 Å². The highest BCUT2D eigenvalue weighted by Gasteiger charge is 2.31. The van der Waals surface area contributed by atoms with E-state index in [2.05, 4.69) is 20.8 Å². The first-order valence-electron chi connectivity index (χ1n) is 5.76. The quantitative estimate of drug-likeness (QED) is 0.758. The van der Waals surface area contributed by atoms with Gasteiger partial charge in [0.2, 0.25) is 5.91 Å². The van der Waals surface area contributed by atoms with E-state index < -0.39 is 0 Å². The maximum absolute atomic E-state index is 11.7. The van der Waals surface area contributed by atoms with Gasteiger partial charge in [-0.3, -0.25) is 14.7 Å². The van der Waals surface area contributed by atoms with Gasteiger partial charge in [-0.2, -0.15) is 16.9 Å². The Morgan fingerprint density at radius 1 is 1.61 bits per heavy atom. The lowest BCUT2D eigenvalue weighted by Crippen LogP contribution is -2.26. The number of carbonyl (C=O) groups excluding carboxylic acids is 2. The van der Waals surface area contributed by atoms with Gasteiger partial charge in [-0.1, -0.05) is 0 Å². The van der Waals surface area contributed by atoms with Crippen LogP contribution in [0.1, 0.15) is 34.8 Å². The summed E-state index contributed by atoms with van der Waals surface area (Å²) in [5.41, 5.74) is 1.29. The Labute approximate surface area is 109 Å². The highest BCUT2D eigenvalue weighted by atomic mass is 32.2. The van der Waals surface area contributed by atoms with E-state index in [4.69, 9.17) is 0 Å². The number of nitrogens with one attached hydrogen (secondary N) is 3. The third-order valence-electron chi connectivity index (χ3n) is 3.03. The van der Waals surface area contributed by atoms with Gasteiger partial charge in [0.05, 0.1) is 0 Å². The van der Waals surface area contributed by atoms with Crippen molar-refractivity contribution in [2.45, 2.75) is 18.8 Å². The molecule has 0 aromatic carbocycles. The number of hydrogen-bond acceptors (Lipinski definition) is 4. The average molecular weight is 268 g/mol. The van der Waals surface area contributed by atoms with E-state index >= 15 is 0 Å². The van der Waals surface area contributed by atoms with E-state index in [1.165, 1.54) is 0 Å². The van der Waals surface area contributed by atoms with E-state index in [-0.39, 0.29) is 17.7 Å². The van der Waals surface area contributed by atoms with Crippen LogP contribution in [0, 0.1) is 0 Å². The molecule has 0 radical (unpaired) electrons. The van der Waals surface area contributed by atoms with Crippen molar-refractivity contribution in [1.82, 2.24) is 15.5 Å². The van der Waals surface area contributed by atoms with Crippen LogP contribution in [-0.2, 0) is 4.79 Å². The fraction of sp³-hybridized carbons (Fsp3) is 0.545. The highest BCUT2D eigenvalue weighted by Crippen LogP contribution is 2.36. The summed E-state index contributed by atoms with van der Waals surface area (Å²) in [4.78, 5) is 23.3. The molecule has 1 atom stereocenters. The molecule has 0 bridgehead atoms. The molecule has 98 valence electrons. The summed E-state index contributed by atoms with van der Waals surface area (Å²) in [5.74, 6) is 1.27. The standard InChI is InChI=1S/C11H16N4O2S/c1-12-11(17)9-8-6(3-4-18-2)5-7(16)13-10(8)15-14-9/h6H,3-5H2,1-2H3,(H,12,17)(H2,13,14,15,16)/t6-/m0/s1. The molecule has 0 fully saturated rings. The molecule has 18 heavy (non-hydrogen) atoms. The van der Waals surface area contributed by atoms with Crippen LogP contribution in [0.5, 0.6) is 0 Å². The molecule has 2 rings (SSSR count). The van der Waals surface area contributed by atoms with Gasteiger partial charge < -0.3 is 10.6 Å². The van der Waals surface area contributed by atoms with Gasteiger partial charge in [-0.25, -0.2) is 0 Å². The predicted molar refractivity (Wildman–Crippen MR) is 71.0 cm³/mol. The van der Waals surface area contributed by atoms with E-state index in [9.17, 15) is 9.59 Å². The summed E-state index contributed by atoms with van der Waals surface area (Å²) in [6.07, 6.45) is 3.31.